The fourth-order valence-electron chi connectivity index (χ4n) is 2.70. The molecule has 2 heterocycles. The highest BCUT2D eigenvalue weighted by atomic mass is 19.1. The van der Waals surface area contributed by atoms with Crippen molar-refractivity contribution in [2.24, 2.45) is 5.92 Å². The molecule has 1 aliphatic heterocycles. The average molecular weight is 266 g/mol. The van der Waals surface area contributed by atoms with Crippen LogP contribution < -0.4 is 0 Å². The molecule has 4 nitrogen and oxygen atoms in total. The summed E-state index contributed by atoms with van der Waals surface area (Å²) >= 11 is 0. The van der Waals surface area contributed by atoms with Crippen molar-refractivity contribution in [2.45, 2.75) is 32.2 Å². The Bertz CT molecular complexity index is 428. The van der Waals surface area contributed by atoms with Crippen LogP contribution in [-0.4, -0.2) is 34.0 Å². The molecule has 1 aromatic rings. The van der Waals surface area contributed by atoms with E-state index in [4.69, 9.17) is 5.11 Å². The van der Waals surface area contributed by atoms with Crippen molar-refractivity contribution >= 4 is 5.97 Å². The molecule has 2 rings (SSSR count). The number of hydrogen-bond donors (Lipinski definition) is 1. The van der Waals surface area contributed by atoms with E-state index < -0.39 is 5.97 Å². The SMILES string of the molecule is CCC(c1ccc(F)cn1)N1CCC(C(=O)O)CC1. The van der Waals surface area contributed by atoms with Gasteiger partial charge in [0.2, 0.25) is 0 Å². The first-order valence-corrected chi connectivity index (χ1v) is 6.70. The molecule has 0 spiro atoms. The maximum Gasteiger partial charge on any atom is 0.306 e. The van der Waals surface area contributed by atoms with Crippen LogP contribution in [-0.2, 0) is 4.79 Å². The van der Waals surface area contributed by atoms with E-state index in [-0.39, 0.29) is 17.8 Å². The van der Waals surface area contributed by atoms with Gasteiger partial charge >= 0.3 is 5.97 Å². The van der Waals surface area contributed by atoms with Crippen molar-refractivity contribution < 1.29 is 14.3 Å². The summed E-state index contributed by atoms with van der Waals surface area (Å²) in [4.78, 5) is 17.3. The molecule has 1 atom stereocenters. The Morgan fingerprint density at radius 1 is 1.53 bits per heavy atom. The summed E-state index contributed by atoms with van der Waals surface area (Å²) in [6.45, 7) is 3.59. The number of carboxylic acid groups (broad SMARTS) is 1. The van der Waals surface area contributed by atoms with E-state index in [1.807, 2.05) is 0 Å². The fraction of sp³-hybridized carbons (Fsp3) is 0.571. The highest BCUT2D eigenvalue weighted by Gasteiger charge is 2.28. The number of rotatable bonds is 4. The van der Waals surface area contributed by atoms with Crippen LogP contribution >= 0.6 is 0 Å². The summed E-state index contributed by atoms with van der Waals surface area (Å²) in [7, 11) is 0. The molecule has 1 aliphatic rings. The van der Waals surface area contributed by atoms with Crippen LogP contribution in [0.2, 0.25) is 0 Å². The zero-order chi connectivity index (χ0) is 13.8. The minimum absolute atomic E-state index is 0.148. The molecule has 0 amide bonds. The molecule has 1 unspecified atom stereocenters. The van der Waals surface area contributed by atoms with Crippen molar-refractivity contribution in [1.82, 2.24) is 9.88 Å². The van der Waals surface area contributed by atoms with Crippen molar-refractivity contribution in [3.63, 3.8) is 0 Å². The second kappa shape index (κ2) is 6.10. The second-order valence-electron chi connectivity index (χ2n) is 4.97. The van der Waals surface area contributed by atoms with Crippen LogP contribution in [0.15, 0.2) is 18.3 Å². The number of carbonyl (C=O) groups is 1. The number of hydrogen-bond acceptors (Lipinski definition) is 3. The van der Waals surface area contributed by atoms with Gasteiger partial charge in [0.1, 0.15) is 5.82 Å². The molecule has 1 N–H and O–H groups in total. The Kier molecular flexibility index (Phi) is 4.47. The van der Waals surface area contributed by atoms with E-state index in [0.717, 1.165) is 25.2 Å². The second-order valence-corrected chi connectivity index (χ2v) is 4.97. The number of aromatic nitrogens is 1. The average Bonchev–Trinajstić information content (AvgIpc) is 2.42. The molecule has 0 radical (unpaired) electrons. The molecule has 1 aromatic heterocycles. The number of carboxylic acids is 1. The normalized spacial score (nSPS) is 19.3. The monoisotopic (exact) mass is 266 g/mol. The van der Waals surface area contributed by atoms with Gasteiger partial charge in [0, 0.05) is 0 Å². The van der Waals surface area contributed by atoms with Gasteiger partial charge in [0.05, 0.1) is 23.9 Å². The van der Waals surface area contributed by atoms with Crippen LogP contribution in [0.3, 0.4) is 0 Å². The predicted molar refractivity (Wildman–Crippen MR) is 69.2 cm³/mol. The van der Waals surface area contributed by atoms with Crippen molar-refractivity contribution in [3.8, 4) is 0 Å². The van der Waals surface area contributed by atoms with Gasteiger partial charge in [-0.2, -0.15) is 0 Å². The van der Waals surface area contributed by atoms with Crippen LogP contribution in [0.1, 0.15) is 37.9 Å². The van der Waals surface area contributed by atoms with Crippen LogP contribution in [0.4, 0.5) is 4.39 Å². The minimum Gasteiger partial charge on any atom is -0.481 e. The molecule has 5 heteroatoms. The van der Waals surface area contributed by atoms with Crippen LogP contribution in [0, 0.1) is 11.7 Å². The Morgan fingerprint density at radius 3 is 2.68 bits per heavy atom. The number of pyridine rings is 1. The van der Waals surface area contributed by atoms with E-state index in [0.29, 0.717) is 12.8 Å². The summed E-state index contributed by atoms with van der Waals surface area (Å²) in [5, 5.41) is 9.00. The zero-order valence-electron chi connectivity index (χ0n) is 11.1. The largest absolute Gasteiger partial charge is 0.481 e. The Hall–Kier alpha value is -1.49. The summed E-state index contributed by atoms with van der Waals surface area (Å²) in [6, 6.07) is 3.29. The highest BCUT2D eigenvalue weighted by molar-refractivity contribution is 5.70. The molecule has 19 heavy (non-hydrogen) atoms. The van der Waals surface area contributed by atoms with E-state index in [9.17, 15) is 9.18 Å². The first-order valence-electron chi connectivity index (χ1n) is 6.70. The minimum atomic E-state index is -0.701. The third-order valence-corrected chi connectivity index (χ3v) is 3.80. The van der Waals surface area contributed by atoms with Gasteiger partial charge in [-0.15, -0.1) is 0 Å². The Labute approximate surface area is 112 Å². The molecule has 0 saturated carbocycles. The number of halogens is 1. The number of aliphatic carboxylic acids is 1. The standard InChI is InChI=1S/C14H19FN2O2/c1-2-13(12-4-3-11(15)9-16-12)17-7-5-10(6-8-17)14(18)19/h3-4,9-10,13H,2,5-8H2,1H3,(H,18,19). The maximum absolute atomic E-state index is 12.9. The number of piperidine rings is 1. The van der Waals surface area contributed by atoms with Crippen LogP contribution in [0.5, 0.6) is 0 Å². The topological polar surface area (TPSA) is 53.4 Å². The van der Waals surface area contributed by atoms with Crippen molar-refractivity contribution in [2.75, 3.05) is 13.1 Å². The summed E-state index contributed by atoms with van der Waals surface area (Å²) in [5.74, 6) is -1.26. The summed E-state index contributed by atoms with van der Waals surface area (Å²) in [6.07, 6.45) is 3.47. The first kappa shape index (κ1) is 13.9. The molecule has 0 aromatic carbocycles. The molecule has 1 saturated heterocycles. The van der Waals surface area contributed by atoms with Gasteiger partial charge in [-0.05, 0) is 44.5 Å². The van der Waals surface area contributed by atoms with Crippen LogP contribution in [0.25, 0.3) is 0 Å². The molecule has 104 valence electrons. The lowest BCUT2D eigenvalue weighted by Crippen LogP contribution is -2.38. The Balaban J connectivity index is 2.03. The zero-order valence-corrected chi connectivity index (χ0v) is 11.1. The third kappa shape index (κ3) is 3.29. The molecule has 1 fully saturated rings. The Morgan fingerprint density at radius 2 is 2.21 bits per heavy atom. The quantitative estimate of drug-likeness (QED) is 0.909. The predicted octanol–water partition coefficient (Wildman–Crippen LogP) is 2.47. The van der Waals surface area contributed by atoms with Gasteiger partial charge in [0.25, 0.3) is 0 Å². The van der Waals surface area contributed by atoms with Gasteiger partial charge in [-0.25, -0.2) is 4.39 Å². The third-order valence-electron chi connectivity index (χ3n) is 3.80. The van der Waals surface area contributed by atoms with E-state index >= 15 is 0 Å². The van der Waals surface area contributed by atoms with E-state index in [1.54, 1.807) is 6.07 Å². The molecular formula is C14H19FN2O2. The van der Waals surface area contributed by atoms with Gasteiger partial charge in [0.15, 0.2) is 0 Å². The highest BCUT2D eigenvalue weighted by Crippen LogP contribution is 2.28. The van der Waals surface area contributed by atoms with Gasteiger partial charge in [-0.3, -0.25) is 14.7 Å². The fourth-order valence-corrected chi connectivity index (χ4v) is 2.70. The van der Waals surface area contributed by atoms with Gasteiger partial charge < -0.3 is 5.11 Å². The van der Waals surface area contributed by atoms with Gasteiger partial charge in [-0.1, -0.05) is 6.92 Å². The van der Waals surface area contributed by atoms with E-state index in [1.165, 1.54) is 12.3 Å². The summed E-state index contributed by atoms with van der Waals surface area (Å²) < 4.78 is 12.9. The molecule has 0 aliphatic carbocycles. The number of nitrogens with zero attached hydrogens (tertiary/aromatic N) is 2. The molecular weight excluding hydrogens is 247 g/mol. The lowest BCUT2D eigenvalue weighted by Gasteiger charge is -2.35. The lowest BCUT2D eigenvalue weighted by molar-refractivity contribution is -0.143. The van der Waals surface area contributed by atoms with E-state index in [2.05, 4.69) is 16.8 Å². The van der Waals surface area contributed by atoms with Crippen molar-refractivity contribution in [3.05, 3.63) is 29.8 Å². The maximum atomic E-state index is 12.9. The van der Waals surface area contributed by atoms with Crippen molar-refractivity contribution in [1.29, 1.82) is 0 Å². The lowest BCUT2D eigenvalue weighted by atomic mass is 9.95. The first-order chi connectivity index (χ1) is 9.11. The molecule has 0 bridgehead atoms. The summed E-state index contributed by atoms with van der Waals surface area (Å²) in [5.41, 5.74) is 0.859. The number of likely N-dealkylation sites (tertiary alicyclic amines) is 1. The smallest absolute Gasteiger partial charge is 0.306 e.